The van der Waals surface area contributed by atoms with Gasteiger partial charge in [0.1, 0.15) is 5.75 Å². The van der Waals surface area contributed by atoms with E-state index in [1.807, 2.05) is 0 Å². The van der Waals surface area contributed by atoms with Crippen molar-refractivity contribution in [3.05, 3.63) is 24.0 Å². The molecule has 0 saturated heterocycles. The minimum atomic E-state index is -0.00734. The summed E-state index contributed by atoms with van der Waals surface area (Å²) in [6, 6.07) is 1.80. The molecule has 1 N–H and O–H groups in total. The summed E-state index contributed by atoms with van der Waals surface area (Å²) in [5.74, 6) is 1.65. The van der Waals surface area contributed by atoms with Gasteiger partial charge in [-0.05, 0) is 18.4 Å². The molecule has 0 aromatic carbocycles. The third kappa shape index (κ3) is 2.45. The van der Waals surface area contributed by atoms with Crippen LogP contribution < -0.4 is 4.74 Å². The first-order valence-electron chi connectivity index (χ1n) is 5.06. The average Bonchev–Trinajstić information content (AvgIpc) is 3.03. The molecule has 76 valence electrons. The van der Waals surface area contributed by atoms with Crippen molar-refractivity contribution in [1.82, 2.24) is 4.98 Å². The van der Waals surface area contributed by atoms with Gasteiger partial charge < -0.3 is 9.84 Å². The van der Waals surface area contributed by atoms with Crippen LogP contribution in [0.25, 0.3) is 0 Å². The van der Waals surface area contributed by atoms with Crippen LogP contribution in [0.1, 0.15) is 24.8 Å². The maximum absolute atomic E-state index is 9.02. The van der Waals surface area contributed by atoms with Crippen molar-refractivity contribution in [1.29, 1.82) is 0 Å². The van der Waals surface area contributed by atoms with E-state index in [4.69, 9.17) is 9.84 Å². The van der Waals surface area contributed by atoms with Crippen molar-refractivity contribution in [2.24, 2.45) is 5.92 Å². The minimum Gasteiger partial charge on any atom is -0.493 e. The van der Waals surface area contributed by atoms with E-state index in [1.165, 1.54) is 12.8 Å². The number of aliphatic hydroxyl groups is 1. The van der Waals surface area contributed by atoms with E-state index >= 15 is 0 Å². The largest absolute Gasteiger partial charge is 0.493 e. The highest BCUT2D eigenvalue weighted by Crippen LogP contribution is 2.32. The lowest BCUT2D eigenvalue weighted by Crippen LogP contribution is -2.01. The molecule has 0 atom stereocenters. The van der Waals surface area contributed by atoms with Crippen LogP contribution >= 0.6 is 0 Å². The summed E-state index contributed by atoms with van der Waals surface area (Å²) >= 11 is 0. The molecule has 0 aliphatic heterocycles. The van der Waals surface area contributed by atoms with E-state index in [0.29, 0.717) is 0 Å². The van der Waals surface area contributed by atoms with Gasteiger partial charge in [0.25, 0.3) is 0 Å². The molecule has 1 aromatic rings. The normalized spacial score (nSPS) is 15.5. The number of rotatable bonds is 5. The SMILES string of the molecule is OCc1cnccc1OCCC1CC1. The van der Waals surface area contributed by atoms with Gasteiger partial charge in [-0.2, -0.15) is 0 Å². The van der Waals surface area contributed by atoms with E-state index < -0.39 is 0 Å². The zero-order valence-corrected chi connectivity index (χ0v) is 8.15. The number of aliphatic hydroxyl groups excluding tert-OH is 1. The van der Waals surface area contributed by atoms with Gasteiger partial charge in [-0.25, -0.2) is 0 Å². The highest BCUT2D eigenvalue weighted by molar-refractivity contribution is 5.29. The molecule has 1 heterocycles. The van der Waals surface area contributed by atoms with Crippen LogP contribution in [0.15, 0.2) is 18.5 Å². The Kier molecular flexibility index (Phi) is 2.99. The van der Waals surface area contributed by atoms with Gasteiger partial charge in [0, 0.05) is 18.0 Å². The third-order valence-corrected chi connectivity index (χ3v) is 2.51. The Balaban J connectivity index is 1.86. The summed E-state index contributed by atoms with van der Waals surface area (Å²) in [5.41, 5.74) is 0.767. The summed E-state index contributed by atoms with van der Waals surface area (Å²) in [6.45, 7) is 0.744. The van der Waals surface area contributed by atoms with E-state index in [-0.39, 0.29) is 6.61 Å². The lowest BCUT2D eigenvalue weighted by atomic mass is 10.2. The molecule has 1 aromatic heterocycles. The quantitative estimate of drug-likeness (QED) is 0.774. The first-order chi connectivity index (χ1) is 6.90. The summed E-state index contributed by atoms with van der Waals surface area (Å²) in [6.07, 6.45) is 7.17. The van der Waals surface area contributed by atoms with E-state index in [1.54, 1.807) is 18.5 Å². The second-order valence-corrected chi connectivity index (χ2v) is 3.72. The van der Waals surface area contributed by atoms with Gasteiger partial charge in [0.15, 0.2) is 0 Å². The molecule has 0 unspecified atom stereocenters. The van der Waals surface area contributed by atoms with E-state index in [0.717, 1.165) is 30.3 Å². The van der Waals surface area contributed by atoms with Gasteiger partial charge in [0.05, 0.1) is 13.2 Å². The van der Waals surface area contributed by atoms with Gasteiger partial charge >= 0.3 is 0 Å². The van der Waals surface area contributed by atoms with Crippen molar-refractivity contribution in [2.75, 3.05) is 6.61 Å². The summed E-state index contributed by atoms with van der Waals surface area (Å²) in [4.78, 5) is 3.93. The second kappa shape index (κ2) is 4.42. The maximum atomic E-state index is 9.02. The average molecular weight is 193 g/mol. The standard InChI is InChI=1S/C11H15NO2/c13-8-10-7-12-5-3-11(10)14-6-4-9-1-2-9/h3,5,7,9,13H,1-2,4,6,8H2. The molecule has 14 heavy (non-hydrogen) atoms. The second-order valence-electron chi connectivity index (χ2n) is 3.72. The molecule has 0 bridgehead atoms. The van der Waals surface area contributed by atoms with Crippen LogP contribution in [-0.2, 0) is 6.61 Å². The molecular formula is C11H15NO2. The van der Waals surface area contributed by atoms with Crippen LogP contribution in [0.2, 0.25) is 0 Å². The zero-order chi connectivity index (χ0) is 9.80. The van der Waals surface area contributed by atoms with Crippen molar-refractivity contribution in [2.45, 2.75) is 25.9 Å². The Bertz CT molecular complexity index is 297. The van der Waals surface area contributed by atoms with Crippen molar-refractivity contribution in [3.63, 3.8) is 0 Å². The van der Waals surface area contributed by atoms with Gasteiger partial charge in [-0.15, -0.1) is 0 Å². The molecule has 1 aliphatic carbocycles. The smallest absolute Gasteiger partial charge is 0.127 e. The van der Waals surface area contributed by atoms with Crippen LogP contribution in [-0.4, -0.2) is 16.7 Å². The summed E-state index contributed by atoms with van der Waals surface area (Å²) < 4.78 is 5.58. The molecule has 3 heteroatoms. The van der Waals surface area contributed by atoms with Crippen LogP contribution in [0, 0.1) is 5.92 Å². The Morgan fingerprint density at radius 3 is 3.07 bits per heavy atom. The fourth-order valence-corrected chi connectivity index (χ4v) is 1.42. The predicted octanol–water partition coefficient (Wildman–Crippen LogP) is 1.75. The highest BCUT2D eigenvalue weighted by Gasteiger charge is 2.20. The number of ether oxygens (including phenoxy) is 1. The number of hydrogen-bond acceptors (Lipinski definition) is 3. The van der Waals surface area contributed by atoms with Crippen LogP contribution in [0.5, 0.6) is 5.75 Å². The van der Waals surface area contributed by atoms with E-state index in [9.17, 15) is 0 Å². The Hall–Kier alpha value is -1.09. The third-order valence-electron chi connectivity index (χ3n) is 2.51. The molecule has 1 saturated carbocycles. The lowest BCUT2D eigenvalue weighted by molar-refractivity contribution is 0.258. The Morgan fingerprint density at radius 2 is 2.36 bits per heavy atom. The first-order valence-corrected chi connectivity index (χ1v) is 5.06. The number of hydrogen-bond donors (Lipinski definition) is 1. The number of aromatic nitrogens is 1. The molecular weight excluding hydrogens is 178 g/mol. The monoisotopic (exact) mass is 193 g/mol. The number of pyridine rings is 1. The molecule has 1 aliphatic rings. The number of nitrogens with zero attached hydrogens (tertiary/aromatic N) is 1. The fraction of sp³-hybridized carbons (Fsp3) is 0.545. The summed E-state index contributed by atoms with van der Waals surface area (Å²) in [5, 5.41) is 9.02. The Morgan fingerprint density at radius 1 is 1.50 bits per heavy atom. The molecule has 0 amide bonds. The van der Waals surface area contributed by atoms with Gasteiger partial charge in [-0.1, -0.05) is 12.8 Å². The predicted molar refractivity (Wildman–Crippen MR) is 53.0 cm³/mol. The lowest BCUT2D eigenvalue weighted by Gasteiger charge is -2.08. The Labute approximate surface area is 83.7 Å². The highest BCUT2D eigenvalue weighted by atomic mass is 16.5. The molecule has 1 fully saturated rings. The molecule has 3 nitrogen and oxygen atoms in total. The fourth-order valence-electron chi connectivity index (χ4n) is 1.42. The van der Waals surface area contributed by atoms with E-state index in [2.05, 4.69) is 4.98 Å². The zero-order valence-electron chi connectivity index (χ0n) is 8.15. The van der Waals surface area contributed by atoms with Crippen molar-refractivity contribution >= 4 is 0 Å². The summed E-state index contributed by atoms with van der Waals surface area (Å²) in [7, 11) is 0. The van der Waals surface area contributed by atoms with Crippen LogP contribution in [0.3, 0.4) is 0 Å². The maximum Gasteiger partial charge on any atom is 0.127 e. The first kappa shape index (κ1) is 9.46. The molecule has 2 rings (SSSR count). The molecule has 0 spiro atoms. The van der Waals surface area contributed by atoms with Crippen molar-refractivity contribution < 1.29 is 9.84 Å². The topological polar surface area (TPSA) is 42.4 Å². The van der Waals surface area contributed by atoms with Gasteiger partial charge in [-0.3, -0.25) is 4.98 Å². The van der Waals surface area contributed by atoms with Gasteiger partial charge in [0.2, 0.25) is 0 Å². The minimum absolute atomic E-state index is 0.00734. The van der Waals surface area contributed by atoms with Crippen molar-refractivity contribution in [3.8, 4) is 5.75 Å². The van der Waals surface area contributed by atoms with Crippen LogP contribution in [0.4, 0.5) is 0 Å². The molecule has 0 radical (unpaired) electrons.